The first-order valence-corrected chi connectivity index (χ1v) is 13.0. The molecule has 0 fully saturated rings. The highest BCUT2D eigenvalue weighted by atomic mass is 32.2. The lowest BCUT2D eigenvalue weighted by molar-refractivity contribution is -0.116. The van der Waals surface area contributed by atoms with E-state index >= 15 is 0 Å². The van der Waals surface area contributed by atoms with Crippen LogP contribution in [0.25, 0.3) is 22.4 Å². The number of sulfone groups is 1. The van der Waals surface area contributed by atoms with Crippen molar-refractivity contribution >= 4 is 32.5 Å². The SMILES string of the molecule is CS(=O)(=O)Cc1nc2ccccc2n1CC(=O)Nc1ccc(-c2ncc3n2CCCC3)cc1. The number of para-hydroxylation sites is 2. The lowest BCUT2D eigenvalue weighted by atomic mass is 10.1. The van der Waals surface area contributed by atoms with Crippen molar-refractivity contribution in [2.24, 2.45) is 0 Å². The quantitative estimate of drug-likeness (QED) is 0.472. The number of nitrogens with zero attached hydrogens (tertiary/aromatic N) is 4. The summed E-state index contributed by atoms with van der Waals surface area (Å²) in [6.07, 6.45) is 6.54. The summed E-state index contributed by atoms with van der Waals surface area (Å²) in [4.78, 5) is 21.8. The number of benzene rings is 2. The Morgan fingerprint density at radius 2 is 1.88 bits per heavy atom. The highest BCUT2D eigenvalue weighted by Crippen LogP contribution is 2.26. The smallest absolute Gasteiger partial charge is 0.244 e. The van der Waals surface area contributed by atoms with E-state index in [1.165, 1.54) is 12.1 Å². The summed E-state index contributed by atoms with van der Waals surface area (Å²) < 4.78 is 27.7. The maximum absolute atomic E-state index is 12.8. The van der Waals surface area contributed by atoms with Crippen LogP contribution < -0.4 is 5.32 Å². The molecular weight excluding hydrogens is 438 g/mol. The van der Waals surface area contributed by atoms with Crippen molar-refractivity contribution in [3.8, 4) is 11.4 Å². The van der Waals surface area contributed by atoms with Crippen LogP contribution in [-0.4, -0.2) is 39.7 Å². The van der Waals surface area contributed by atoms with Crippen LogP contribution in [0.15, 0.2) is 54.7 Å². The summed E-state index contributed by atoms with van der Waals surface area (Å²) in [5.41, 5.74) is 4.34. The third kappa shape index (κ3) is 4.54. The molecule has 170 valence electrons. The Hall–Kier alpha value is -3.46. The molecule has 1 amide bonds. The minimum atomic E-state index is -3.30. The zero-order valence-electron chi connectivity index (χ0n) is 18.4. The van der Waals surface area contributed by atoms with E-state index in [4.69, 9.17) is 0 Å². The van der Waals surface area contributed by atoms with Gasteiger partial charge in [0.2, 0.25) is 5.91 Å². The van der Waals surface area contributed by atoms with Crippen molar-refractivity contribution in [1.29, 1.82) is 0 Å². The van der Waals surface area contributed by atoms with E-state index in [2.05, 4.69) is 19.9 Å². The Morgan fingerprint density at radius 1 is 1.09 bits per heavy atom. The van der Waals surface area contributed by atoms with Crippen molar-refractivity contribution in [3.63, 3.8) is 0 Å². The molecule has 1 aliphatic rings. The van der Waals surface area contributed by atoms with Crippen LogP contribution in [-0.2, 0) is 39.9 Å². The summed E-state index contributed by atoms with van der Waals surface area (Å²) in [5, 5.41) is 2.91. The maximum Gasteiger partial charge on any atom is 0.244 e. The van der Waals surface area contributed by atoms with Gasteiger partial charge in [-0.3, -0.25) is 4.79 Å². The van der Waals surface area contributed by atoms with Crippen LogP contribution >= 0.6 is 0 Å². The number of aryl methyl sites for hydroxylation is 1. The summed E-state index contributed by atoms with van der Waals surface area (Å²) in [5.74, 6) is 0.836. The molecule has 9 heteroatoms. The summed E-state index contributed by atoms with van der Waals surface area (Å²) in [6, 6.07) is 15.0. The second-order valence-electron chi connectivity index (χ2n) is 8.48. The van der Waals surface area contributed by atoms with E-state index in [1.807, 2.05) is 54.7 Å². The molecule has 0 aliphatic carbocycles. The molecule has 1 aliphatic heterocycles. The molecule has 4 aromatic rings. The van der Waals surface area contributed by atoms with Crippen molar-refractivity contribution in [1.82, 2.24) is 19.1 Å². The third-order valence-corrected chi connectivity index (χ3v) is 6.64. The number of hydrogen-bond donors (Lipinski definition) is 1. The number of imidazole rings is 2. The Kier molecular flexibility index (Phi) is 5.49. The van der Waals surface area contributed by atoms with Gasteiger partial charge in [0.15, 0.2) is 9.84 Å². The van der Waals surface area contributed by atoms with E-state index in [-0.39, 0.29) is 18.2 Å². The number of fused-ring (bicyclic) bond motifs is 2. The predicted molar refractivity (Wildman–Crippen MR) is 128 cm³/mol. The van der Waals surface area contributed by atoms with E-state index in [1.54, 1.807) is 4.57 Å². The molecule has 0 atom stereocenters. The molecular formula is C24H25N5O3S. The summed E-state index contributed by atoms with van der Waals surface area (Å²) in [6.45, 7) is 0.957. The monoisotopic (exact) mass is 463 g/mol. The van der Waals surface area contributed by atoms with Crippen LogP contribution in [0.1, 0.15) is 24.4 Å². The first-order chi connectivity index (χ1) is 15.9. The van der Waals surface area contributed by atoms with Gasteiger partial charge in [-0.25, -0.2) is 18.4 Å². The zero-order valence-corrected chi connectivity index (χ0v) is 19.2. The van der Waals surface area contributed by atoms with Crippen LogP contribution in [0.4, 0.5) is 5.69 Å². The summed E-state index contributed by atoms with van der Waals surface area (Å²) >= 11 is 0. The molecule has 5 rings (SSSR count). The van der Waals surface area contributed by atoms with E-state index < -0.39 is 9.84 Å². The molecule has 0 radical (unpaired) electrons. The normalized spacial score (nSPS) is 13.7. The molecule has 2 aromatic heterocycles. The molecule has 2 aromatic carbocycles. The lowest BCUT2D eigenvalue weighted by Crippen LogP contribution is -2.21. The van der Waals surface area contributed by atoms with Gasteiger partial charge in [0.25, 0.3) is 0 Å². The Balaban J connectivity index is 1.34. The molecule has 0 unspecified atom stereocenters. The predicted octanol–water partition coefficient (Wildman–Crippen LogP) is 3.42. The number of nitrogens with one attached hydrogen (secondary N) is 1. The van der Waals surface area contributed by atoms with Gasteiger partial charge < -0.3 is 14.5 Å². The van der Waals surface area contributed by atoms with Gasteiger partial charge in [0.05, 0.1) is 11.0 Å². The van der Waals surface area contributed by atoms with Crippen LogP contribution in [0.5, 0.6) is 0 Å². The number of anilines is 1. The number of rotatable bonds is 6. The lowest BCUT2D eigenvalue weighted by Gasteiger charge is -2.16. The topological polar surface area (TPSA) is 98.9 Å². The van der Waals surface area contributed by atoms with Crippen molar-refractivity contribution in [3.05, 3.63) is 66.2 Å². The average Bonchev–Trinajstić information content (AvgIpc) is 3.35. The highest BCUT2D eigenvalue weighted by molar-refractivity contribution is 7.89. The van der Waals surface area contributed by atoms with Gasteiger partial charge in [-0.05, 0) is 55.7 Å². The largest absolute Gasteiger partial charge is 0.328 e. The van der Waals surface area contributed by atoms with E-state index in [0.717, 1.165) is 42.5 Å². The fourth-order valence-electron chi connectivity index (χ4n) is 4.36. The van der Waals surface area contributed by atoms with Gasteiger partial charge in [0, 0.05) is 35.9 Å². The fourth-order valence-corrected chi connectivity index (χ4v) is 5.05. The maximum atomic E-state index is 12.8. The van der Waals surface area contributed by atoms with Crippen molar-refractivity contribution in [2.45, 2.75) is 38.1 Å². The van der Waals surface area contributed by atoms with E-state index in [0.29, 0.717) is 17.0 Å². The first kappa shape index (κ1) is 21.4. The van der Waals surface area contributed by atoms with Crippen molar-refractivity contribution < 1.29 is 13.2 Å². The van der Waals surface area contributed by atoms with Crippen LogP contribution in [0, 0.1) is 0 Å². The van der Waals surface area contributed by atoms with Crippen molar-refractivity contribution in [2.75, 3.05) is 11.6 Å². The second-order valence-corrected chi connectivity index (χ2v) is 10.6. The number of aromatic nitrogens is 4. The number of carbonyl (C=O) groups excluding carboxylic acids is 1. The Bertz CT molecular complexity index is 1430. The fraction of sp³-hybridized carbons (Fsp3) is 0.292. The molecule has 0 spiro atoms. The number of hydrogen-bond acceptors (Lipinski definition) is 5. The zero-order chi connectivity index (χ0) is 23.0. The second kappa shape index (κ2) is 8.47. The first-order valence-electron chi connectivity index (χ1n) is 10.9. The highest BCUT2D eigenvalue weighted by Gasteiger charge is 2.18. The third-order valence-electron chi connectivity index (χ3n) is 5.86. The van der Waals surface area contributed by atoms with Gasteiger partial charge in [-0.2, -0.15) is 0 Å². The molecule has 0 saturated heterocycles. The van der Waals surface area contributed by atoms with Gasteiger partial charge in [0.1, 0.15) is 23.9 Å². The number of carbonyl (C=O) groups is 1. The Morgan fingerprint density at radius 3 is 2.67 bits per heavy atom. The van der Waals surface area contributed by atoms with Gasteiger partial charge in [-0.15, -0.1) is 0 Å². The van der Waals surface area contributed by atoms with Gasteiger partial charge in [-0.1, -0.05) is 12.1 Å². The number of amides is 1. The molecule has 0 saturated carbocycles. The Labute approximate surface area is 192 Å². The average molecular weight is 464 g/mol. The van der Waals surface area contributed by atoms with E-state index in [9.17, 15) is 13.2 Å². The molecule has 33 heavy (non-hydrogen) atoms. The van der Waals surface area contributed by atoms with Crippen LogP contribution in [0.3, 0.4) is 0 Å². The standard InChI is InChI=1S/C24H25N5O3S/c1-33(31,32)16-22-27-20-7-2-3-8-21(20)29(22)15-23(30)26-18-11-9-17(10-12-18)24-25-14-19-6-4-5-13-28(19)24/h2-3,7-12,14H,4-6,13,15-16H2,1H3,(H,26,30). The van der Waals surface area contributed by atoms with Gasteiger partial charge >= 0.3 is 0 Å². The molecule has 3 heterocycles. The molecule has 0 bridgehead atoms. The molecule has 1 N–H and O–H groups in total. The summed E-state index contributed by atoms with van der Waals surface area (Å²) in [7, 11) is -3.30. The minimum Gasteiger partial charge on any atom is -0.328 e. The molecule has 8 nitrogen and oxygen atoms in total. The van der Waals surface area contributed by atoms with Crippen LogP contribution in [0.2, 0.25) is 0 Å². The minimum absolute atomic E-state index is 0.0269.